The van der Waals surface area contributed by atoms with Crippen LogP contribution in [0.5, 0.6) is 0 Å². The second kappa shape index (κ2) is 6.58. The Hall–Kier alpha value is -2.08. The first-order valence-electron chi connectivity index (χ1n) is 7.33. The summed E-state index contributed by atoms with van der Waals surface area (Å²) in [6.45, 7) is 4.91. The monoisotopic (exact) mass is 284 g/mol. The van der Waals surface area contributed by atoms with E-state index in [1.54, 1.807) is 18.6 Å². The van der Waals surface area contributed by atoms with Gasteiger partial charge in [0.2, 0.25) is 5.95 Å². The van der Waals surface area contributed by atoms with Gasteiger partial charge < -0.3 is 5.32 Å². The molecule has 6 nitrogen and oxygen atoms in total. The van der Waals surface area contributed by atoms with E-state index in [0.29, 0.717) is 6.04 Å². The number of anilines is 1. The van der Waals surface area contributed by atoms with Gasteiger partial charge in [0, 0.05) is 49.6 Å². The maximum atomic E-state index is 4.41. The average Bonchev–Trinajstić information content (AvgIpc) is 2.49. The van der Waals surface area contributed by atoms with E-state index < -0.39 is 0 Å². The molecule has 0 spiro atoms. The average molecular weight is 284 g/mol. The Labute approximate surface area is 124 Å². The first-order chi connectivity index (χ1) is 10.3. The zero-order valence-corrected chi connectivity index (χ0v) is 12.2. The van der Waals surface area contributed by atoms with Gasteiger partial charge in [0.1, 0.15) is 0 Å². The van der Waals surface area contributed by atoms with Gasteiger partial charge in [-0.05, 0) is 32.4 Å². The van der Waals surface area contributed by atoms with Gasteiger partial charge in [0.15, 0.2) is 0 Å². The molecule has 1 atom stereocenters. The number of nitrogens with one attached hydrogen (secondary N) is 1. The molecule has 0 radical (unpaired) electrons. The van der Waals surface area contributed by atoms with E-state index in [-0.39, 0.29) is 0 Å². The first-order valence-corrected chi connectivity index (χ1v) is 7.33. The minimum absolute atomic E-state index is 0.386. The van der Waals surface area contributed by atoms with Crippen molar-refractivity contribution in [3.8, 4) is 0 Å². The van der Waals surface area contributed by atoms with Crippen LogP contribution in [-0.2, 0) is 6.54 Å². The van der Waals surface area contributed by atoms with Gasteiger partial charge in [-0.25, -0.2) is 9.97 Å². The van der Waals surface area contributed by atoms with Crippen LogP contribution in [0.2, 0.25) is 0 Å². The molecular formula is C15H20N6. The summed E-state index contributed by atoms with van der Waals surface area (Å²) < 4.78 is 0. The van der Waals surface area contributed by atoms with E-state index in [9.17, 15) is 0 Å². The molecule has 0 saturated carbocycles. The third kappa shape index (κ3) is 3.95. The highest BCUT2D eigenvalue weighted by molar-refractivity contribution is 5.26. The van der Waals surface area contributed by atoms with Crippen LogP contribution < -0.4 is 5.32 Å². The predicted octanol–water partition coefficient (Wildman–Crippen LogP) is 1.65. The molecule has 1 N–H and O–H groups in total. The minimum atomic E-state index is 0.386. The summed E-state index contributed by atoms with van der Waals surface area (Å²) in [5.74, 6) is 0.723. The van der Waals surface area contributed by atoms with E-state index >= 15 is 0 Å². The molecule has 0 bridgehead atoms. The molecule has 1 aliphatic rings. The van der Waals surface area contributed by atoms with Gasteiger partial charge in [-0.1, -0.05) is 0 Å². The molecule has 6 heteroatoms. The van der Waals surface area contributed by atoms with Crippen molar-refractivity contribution < 1.29 is 0 Å². The van der Waals surface area contributed by atoms with Crippen molar-refractivity contribution in [3.05, 3.63) is 42.2 Å². The summed E-state index contributed by atoms with van der Waals surface area (Å²) in [4.78, 5) is 19.6. The van der Waals surface area contributed by atoms with Gasteiger partial charge in [-0.3, -0.25) is 14.9 Å². The summed E-state index contributed by atoms with van der Waals surface area (Å²) in [6, 6.07) is 2.30. The molecule has 0 aromatic carbocycles. The number of nitrogens with zero attached hydrogens (tertiary/aromatic N) is 5. The molecule has 1 fully saturated rings. The third-order valence-corrected chi connectivity index (χ3v) is 3.64. The summed E-state index contributed by atoms with van der Waals surface area (Å²) >= 11 is 0. The maximum Gasteiger partial charge on any atom is 0.223 e. The van der Waals surface area contributed by atoms with E-state index in [1.165, 1.54) is 6.42 Å². The van der Waals surface area contributed by atoms with Crippen molar-refractivity contribution in [2.45, 2.75) is 32.4 Å². The topological polar surface area (TPSA) is 66.8 Å². The largest absolute Gasteiger partial charge is 0.350 e. The SMILES string of the molecule is Cc1ccnc(NC2CCCN(Cc3cnccn3)C2)n1. The Morgan fingerprint density at radius 3 is 3.05 bits per heavy atom. The summed E-state index contributed by atoms with van der Waals surface area (Å²) in [7, 11) is 0. The first kappa shape index (κ1) is 13.9. The highest BCUT2D eigenvalue weighted by Gasteiger charge is 2.20. The van der Waals surface area contributed by atoms with Crippen LogP contribution >= 0.6 is 0 Å². The Balaban J connectivity index is 1.58. The van der Waals surface area contributed by atoms with Crippen molar-refractivity contribution in [2.75, 3.05) is 18.4 Å². The number of hydrogen-bond acceptors (Lipinski definition) is 6. The molecule has 1 saturated heterocycles. The summed E-state index contributed by atoms with van der Waals surface area (Å²) in [5.41, 5.74) is 2.00. The van der Waals surface area contributed by atoms with Gasteiger partial charge >= 0.3 is 0 Å². The second-order valence-corrected chi connectivity index (χ2v) is 5.44. The molecule has 1 aliphatic heterocycles. The van der Waals surface area contributed by atoms with E-state index in [1.807, 2.05) is 19.2 Å². The van der Waals surface area contributed by atoms with E-state index in [0.717, 1.165) is 43.4 Å². The lowest BCUT2D eigenvalue weighted by atomic mass is 10.1. The highest BCUT2D eigenvalue weighted by Crippen LogP contribution is 2.15. The van der Waals surface area contributed by atoms with Crippen molar-refractivity contribution in [1.29, 1.82) is 0 Å². The molecule has 1 unspecified atom stereocenters. The van der Waals surface area contributed by atoms with Crippen LogP contribution in [0.4, 0.5) is 5.95 Å². The molecule has 0 amide bonds. The number of aromatic nitrogens is 4. The molecule has 21 heavy (non-hydrogen) atoms. The van der Waals surface area contributed by atoms with Crippen LogP contribution in [0.15, 0.2) is 30.9 Å². The Morgan fingerprint density at radius 1 is 1.29 bits per heavy atom. The minimum Gasteiger partial charge on any atom is -0.350 e. The fraction of sp³-hybridized carbons (Fsp3) is 0.467. The highest BCUT2D eigenvalue weighted by atomic mass is 15.2. The lowest BCUT2D eigenvalue weighted by Gasteiger charge is -2.32. The van der Waals surface area contributed by atoms with Crippen LogP contribution in [0.25, 0.3) is 0 Å². The normalized spacial score (nSPS) is 19.4. The zero-order valence-electron chi connectivity index (χ0n) is 12.2. The molecule has 110 valence electrons. The lowest BCUT2D eigenvalue weighted by Crippen LogP contribution is -2.42. The number of piperidine rings is 1. The summed E-state index contributed by atoms with van der Waals surface area (Å²) in [5, 5.41) is 3.44. The molecule has 0 aliphatic carbocycles. The van der Waals surface area contributed by atoms with Crippen LogP contribution in [-0.4, -0.2) is 44.0 Å². The van der Waals surface area contributed by atoms with Crippen molar-refractivity contribution in [2.24, 2.45) is 0 Å². The Kier molecular flexibility index (Phi) is 4.35. The van der Waals surface area contributed by atoms with Crippen LogP contribution in [0, 0.1) is 6.92 Å². The Morgan fingerprint density at radius 2 is 2.24 bits per heavy atom. The predicted molar refractivity (Wildman–Crippen MR) is 80.7 cm³/mol. The van der Waals surface area contributed by atoms with Crippen molar-refractivity contribution in [1.82, 2.24) is 24.8 Å². The van der Waals surface area contributed by atoms with Gasteiger partial charge in [0.25, 0.3) is 0 Å². The standard InChI is InChI=1S/C15H20N6/c1-12-4-5-18-15(19-12)20-13-3-2-8-21(10-13)11-14-9-16-6-7-17-14/h4-7,9,13H,2-3,8,10-11H2,1H3,(H,18,19,20). The van der Waals surface area contributed by atoms with Crippen molar-refractivity contribution >= 4 is 5.95 Å². The fourth-order valence-electron chi connectivity index (χ4n) is 2.66. The molecule has 2 aromatic heterocycles. The summed E-state index contributed by atoms with van der Waals surface area (Å²) in [6.07, 6.45) is 9.40. The number of hydrogen-bond donors (Lipinski definition) is 1. The smallest absolute Gasteiger partial charge is 0.223 e. The van der Waals surface area contributed by atoms with E-state index in [4.69, 9.17) is 0 Å². The second-order valence-electron chi connectivity index (χ2n) is 5.44. The van der Waals surface area contributed by atoms with Crippen LogP contribution in [0.1, 0.15) is 24.2 Å². The van der Waals surface area contributed by atoms with Gasteiger partial charge in [-0.2, -0.15) is 0 Å². The quantitative estimate of drug-likeness (QED) is 0.921. The molecule has 3 heterocycles. The maximum absolute atomic E-state index is 4.41. The molecule has 2 aromatic rings. The zero-order chi connectivity index (χ0) is 14.5. The molecular weight excluding hydrogens is 264 g/mol. The van der Waals surface area contributed by atoms with Crippen LogP contribution in [0.3, 0.4) is 0 Å². The Bertz CT molecular complexity index is 573. The van der Waals surface area contributed by atoms with Crippen molar-refractivity contribution in [3.63, 3.8) is 0 Å². The molecule has 3 rings (SSSR count). The lowest BCUT2D eigenvalue weighted by molar-refractivity contribution is 0.206. The fourth-order valence-corrected chi connectivity index (χ4v) is 2.66. The van der Waals surface area contributed by atoms with E-state index in [2.05, 4.69) is 30.2 Å². The third-order valence-electron chi connectivity index (χ3n) is 3.64. The van der Waals surface area contributed by atoms with Gasteiger partial charge in [0.05, 0.1) is 5.69 Å². The number of rotatable bonds is 4. The van der Waals surface area contributed by atoms with Gasteiger partial charge in [-0.15, -0.1) is 0 Å². The number of aryl methyl sites for hydroxylation is 1. The number of likely N-dealkylation sites (tertiary alicyclic amines) is 1.